The van der Waals surface area contributed by atoms with E-state index in [1.165, 1.54) is 0 Å². The van der Waals surface area contributed by atoms with E-state index in [9.17, 15) is 9.59 Å². The minimum absolute atomic E-state index is 0.0299. The van der Waals surface area contributed by atoms with Gasteiger partial charge in [-0.2, -0.15) is 0 Å². The Balaban J connectivity index is 2.56. The maximum Gasteiger partial charge on any atom is 0.234 e. The summed E-state index contributed by atoms with van der Waals surface area (Å²) in [4.78, 5) is 26.1. The molecule has 1 saturated heterocycles. The zero-order valence-corrected chi connectivity index (χ0v) is 13.9. The first-order chi connectivity index (χ1) is 9.95. The van der Waals surface area contributed by atoms with Gasteiger partial charge >= 0.3 is 0 Å². The van der Waals surface area contributed by atoms with Crippen molar-refractivity contribution in [2.45, 2.75) is 59.0 Å². The van der Waals surface area contributed by atoms with E-state index in [0.717, 1.165) is 38.9 Å². The minimum atomic E-state index is -0.367. The predicted octanol–water partition coefficient (Wildman–Crippen LogP) is 1.18. The molecule has 1 unspecified atom stereocenters. The molecule has 1 amide bonds. The van der Waals surface area contributed by atoms with Crippen LogP contribution in [-0.4, -0.2) is 54.9 Å². The molecule has 0 spiro atoms. The molecule has 21 heavy (non-hydrogen) atoms. The molecule has 1 fully saturated rings. The molecule has 122 valence electrons. The topological polar surface area (TPSA) is 61.4 Å². The molecule has 0 bridgehead atoms. The first-order valence-electron chi connectivity index (χ1n) is 8.20. The lowest BCUT2D eigenvalue weighted by molar-refractivity contribution is -0.129. The number of carbonyl (C=O) groups excluding carboxylic acids is 2. The zero-order valence-electron chi connectivity index (χ0n) is 13.9. The highest BCUT2D eigenvalue weighted by atomic mass is 16.2. The van der Waals surface area contributed by atoms with Crippen molar-refractivity contribution in [2.75, 3.05) is 26.2 Å². The molecule has 0 aromatic heterocycles. The highest BCUT2D eigenvalue weighted by Crippen LogP contribution is 2.12. The number of nitrogens with zero attached hydrogens (tertiary/aromatic N) is 1. The Morgan fingerprint density at radius 1 is 1.29 bits per heavy atom. The molecule has 2 N–H and O–H groups in total. The first-order valence-corrected chi connectivity index (χ1v) is 8.20. The van der Waals surface area contributed by atoms with Gasteiger partial charge in [-0.3, -0.25) is 14.5 Å². The van der Waals surface area contributed by atoms with E-state index in [-0.39, 0.29) is 23.7 Å². The fourth-order valence-corrected chi connectivity index (χ4v) is 2.99. The van der Waals surface area contributed by atoms with Crippen LogP contribution in [0, 0.1) is 5.92 Å². The maximum atomic E-state index is 12.3. The largest absolute Gasteiger partial charge is 0.345 e. The van der Waals surface area contributed by atoms with E-state index in [1.807, 2.05) is 13.8 Å². The lowest BCUT2D eigenvalue weighted by Gasteiger charge is -2.34. The molecule has 0 radical (unpaired) electrons. The number of amides is 1. The normalized spacial score (nSPS) is 18.0. The number of nitrogens with one attached hydrogen (secondary N) is 2. The van der Waals surface area contributed by atoms with E-state index < -0.39 is 0 Å². The van der Waals surface area contributed by atoms with E-state index in [2.05, 4.69) is 22.5 Å². The molecule has 1 rings (SSSR count). The fraction of sp³-hybridized carbons (Fsp3) is 0.875. The van der Waals surface area contributed by atoms with Gasteiger partial charge in [0.15, 0.2) is 5.78 Å². The van der Waals surface area contributed by atoms with E-state index >= 15 is 0 Å². The van der Waals surface area contributed by atoms with Crippen molar-refractivity contribution >= 4 is 11.7 Å². The third-order valence-corrected chi connectivity index (χ3v) is 4.10. The van der Waals surface area contributed by atoms with Gasteiger partial charge in [-0.25, -0.2) is 0 Å². The monoisotopic (exact) mass is 297 g/mol. The molecule has 0 saturated carbocycles. The van der Waals surface area contributed by atoms with Crippen LogP contribution < -0.4 is 10.6 Å². The van der Waals surface area contributed by atoms with Gasteiger partial charge in [0.25, 0.3) is 0 Å². The van der Waals surface area contributed by atoms with Gasteiger partial charge in [-0.1, -0.05) is 20.8 Å². The lowest BCUT2D eigenvalue weighted by atomic mass is 10.0. The Hall–Kier alpha value is -0.940. The van der Waals surface area contributed by atoms with Crippen molar-refractivity contribution in [3.8, 4) is 0 Å². The van der Waals surface area contributed by atoms with Crippen LogP contribution >= 0.6 is 0 Å². The van der Waals surface area contributed by atoms with Crippen molar-refractivity contribution in [3.63, 3.8) is 0 Å². The summed E-state index contributed by atoms with van der Waals surface area (Å²) in [6.07, 6.45) is 3.22. The average Bonchev–Trinajstić information content (AvgIpc) is 2.44. The van der Waals surface area contributed by atoms with Crippen LogP contribution in [0.25, 0.3) is 0 Å². The van der Waals surface area contributed by atoms with Gasteiger partial charge in [0.2, 0.25) is 5.91 Å². The SMILES string of the molecule is CCCN(CC(=O)NC(C(C)=O)C(C)C)C1CCNCC1. The number of carbonyl (C=O) groups is 2. The Bertz CT molecular complexity index is 338. The number of hydrogen-bond donors (Lipinski definition) is 2. The van der Waals surface area contributed by atoms with E-state index in [4.69, 9.17) is 0 Å². The van der Waals surface area contributed by atoms with Gasteiger partial charge in [-0.15, -0.1) is 0 Å². The molecule has 0 aromatic carbocycles. The first kappa shape index (κ1) is 18.1. The second-order valence-electron chi connectivity index (χ2n) is 6.35. The smallest absolute Gasteiger partial charge is 0.234 e. The summed E-state index contributed by atoms with van der Waals surface area (Å²) in [6, 6.07) is 0.112. The van der Waals surface area contributed by atoms with Gasteiger partial charge < -0.3 is 10.6 Å². The van der Waals surface area contributed by atoms with Gasteiger partial charge in [0.1, 0.15) is 0 Å². The van der Waals surface area contributed by atoms with Crippen molar-refractivity contribution in [1.82, 2.24) is 15.5 Å². The van der Waals surface area contributed by atoms with Gasteiger partial charge in [-0.05, 0) is 51.7 Å². The van der Waals surface area contributed by atoms with Crippen molar-refractivity contribution < 1.29 is 9.59 Å². The van der Waals surface area contributed by atoms with Crippen LogP contribution in [0.3, 0.4) is 0 Å². The standard InChI is InChI=1S/C16H31N3O2/c1-5-10-19(14-6-8-17-9-7-14)11-15(21)18-16(12(2)3)13(4)20/h12,14,16-17H,5-11H2,1-4H3,(H,18,21). The number of hydrogen-bond acceptors (Lipinski definition) is 4. The van der Waals surface area contributed by atoms with Crippen molar-refractivity contribution in [3.05, 3.63) is 0 Å². The molecule has 1 atom stereocenters. The minimum Gasteiger partial charge on any atom is -0.345 e. The summed E-state index contributed by atoms with van der Waals surface area (Å²) in [5.74, 6) is 0.128. The number of piperidine rings is 1. The number of rotatable bonds is 8. The summed E-state index contributed by atoms with van der Waals surface area (Å²) in [5, 5.41) is 6.25. The van der Waals surface area contributed by atoms with Gasteiger partial charge in [0, 0.05) is 6.04 Å². The third kappa shape index (κ3) is 6.14. The highest BCUT2D eigenvalue weighted by Gasteiger charge is 2.25. The Labute approximate surface area is 128 Å². The van der Waals surface area contributed by atoms with Crippen LogP contribution in [0.5, 0.6) is 0 Å². The summed E-state index contributed by atoms with van der Waals surface area (Å²) < 4.78 is 0. The highest BCUT2D eigenvalue weighted by molar-refractivity contribution is 5.88. The molecule has 0 aromatic rings. The third-order valence-electron chi connectivity index (χ3n) is 4.10. The van der Waals surface area contributed by atoms with Gasteiger partial charge in [0.05, 0.1) is 12.6 Å². The average molecular weight is 297 g/mol. The Morgan fingerprint density at radius 2 is 1.90 bits per heavy atom. The fourth-order valence-electron chi connectivity index (χ4n) is 2.99. The molecule has 1 aliphatic heterocycles. The molecule has 0 aliphatic carbocycles. The maximum absolute atomic E-state index is 12.3. The quantitative estimate of drug-likeness (QED) is 0.706. The second-order valence-corrected chi connectivity index (χ2v) is 6.35. The van der Waals surface area contributed by atoms with Crippen LogP contribution in [-0.2, 0) is 9.59 Å². The van der Waals surface area contributed by atoms with Crippen LogP contribution in [0.2, 0.25) is 0 Å². The van der Waals surface area contributed by atoms with Crippen molar-refractivity contribution in [1.29, 1.82) is 0 Å². The molecular formula is C16H31N3O2. The van der Waals surface area contributed by atoms with Crippen LogP contribution in [0.1, 0.15) is 47.0 Å². The van der Waals surface area contributed by atoms with E-state index in [1.54, 1.807) is 6.92 Å². The summed E-state index contributed by atoms with van der Waals surface area (Å²) >= 11 is 0. The number of ketones is 1. The van der Waals surface area contributed by atoms with Crippen LogP contribution in [0.15, 0.2) is 0 Å². The van der Waals surface area contributed by atoms with Crippen LogP contribution in [0.4, 0.5) is 0 Å². The molecular weight excluding hydrogens is 266 g/mol. The Morgan fingerprint density at radius 3 is 2.38 bits per heavy atom. The lowest BCUT2D eigenvalue weighted by Crippen LogP contribution is -2.51. The predicted molar refractivity (Wildman–Crippen MR) is 85.2 cm³/mol. The summed E-state index contributed by atoms with van der Waals surface area (Å²) in [5.41, 5.74) is 0. The second kappa shape index (κ2) is 9.15. The molecule has 1 heterocycles. The Kier molecular flexibility index (Phi) is 7.89. The zero-order chi connectivity index (χ0) is 15.8. The number of Topliss-reactive ketones (excluding diaryl/α,β-unsaturated/α-hetero) is 1. The summed E-state index contributed by atoms with van der Waals surface area (Å²) in [6.45, 7) is 11.0. The summed E-state index contributed by atoms with van der Waals surface area (Å²) in [7, 11) is 0. The van der Waals surface area contributed by atoms with E-state index in [0.29, 0.717) is 12.6 Å². The molecule has 1 aliphatic rings. The molecule has 5 nitrogen and oxygen atoms in total. The van der Waals surface area contributed by atoms with Crippen molar-refractivity contribution in [2.24, 2.45) is 5.92 Å². The molecule has 5 heteroatoms.